The molecule has 11 heavy (non-hydrogen) atoms. The Balaban J connectivity index is 2.82. The van der Waals surface area contributed by atoms with Crippen LogP contribution in [0.2, 0.25) is 0 Å². The predicted molar refractivity (Wildman–Crippen MR) is 46.0 cm³/mol. The Morgan fingerprint density at radius 2 is 2.36 bits per heavy atom. The summed E-state index contributed by atoms with van der Waals surface area (Å²) in [5, 5.41) is 0. The summed E-state index contributed by atoms with van der Waals surface area (Å²) in [6, 6.07) is 1.72. The molecular weight excluding hydrogens is 208 g/mol. The van der Waals surface area contributed by atoms with Gasteiger partial charge in [0.25, 0.3) is 0 Å². The molecule has 0 aliphatic heterocycles. The van der Waals surface area contributed by atoms with E-state index < -0.39 is 0 Å². The van der Waals surface area contributed by atoms with E-state index in [4.69, 9.17) is 5.73 Å². The average Bonchev–Trinajstić information content (AvgIpc) is 2.27. The molecule has 0 bridgehead atoms. The van der Waals surface area contributed by atoms with Gasteiger partial charge in [0.1, 0.15) is 5.82 Å². The van der Waals surface area contributed by atoms with Crippen LogP contribution >= 0.6 is 15.9 Å². The summed E-state index contributed by atoms with van der Waals surface area (Å²) in [5.74, 6) is 0.483. The topological polar surface area (TPSA) is 67.6 Å². The van der Waals surface area contributed by atoms with Gasteiger partial charge in [0.05, 0.1) is 17.2 Å². The van der Waals surface area contributed by atoms with Crippen molar-refractivity contribution in [1.29, 1.82) is 0 Å². The van der Waals surface area contributed by atoms with Crippen molar-refractivity contribution in [2.75, 3.05) is 5.73 Å². The standard InChI is InChI=1S/C6H5BrN4/c7-6-10-3-1-5(8)9-2-4(3)11-6/h1-2H,(H2,8,9)(H,10,11). The Morgan fingerprint density at radius 3 is 3.18 bits per heavy atom. The SMILES string of the molecule is Nc1cc2nc(Br)[nH]c2cn1. The number of aromatic nitrogens is 3. The molecule has 0 amide bonds. The zero-order valence-electron chi connectivity index (χ0n) is 5.50. The third-order valence-electron chi connectivity index (χ3n) is 1.36. The van der Waals surface area contributed by atoms with Gasteiger partial charge < -0.3 is 10.7 Å². The van der Waals surface area contributed by atoms with Crippen molar-refractivity contribution in [3.63, 3.8) is 0 Å². The van der Waals surface area contributed by atoms with Gasteiger partial charge in [-0.1, -0.05) is 0 Å². The summed E-state index contributed by atoms with van der Waals surface area (Å²) >= 11 is 3.21. The number of pyridine rings is 1. The number of nitrogens with two attached hydrogens (primary N) is 1. The molecule has 56 valence electrons. The highest BCUT2D eigenvalue weighted by Gasteiger charge is 1.99. The number of hydrogen-bond acceptors (Lipinski definition) is 3. The molecule has 0 radical (unpaired) electrons. The van der Waals surface area contributed by atoms with Crippen molar-refractivity contribution < 1.29 is 0 Å². The smallest absolute Gasteiger partial charge is 0.175 e. The molecule has 2 aromatic rings. The van der Waals surface area contributed by atoms with Gasteiger partial charge in [-0.3, -0.25) is 0 Å². The molecule has 2 heterocycles. The summed E-state index contributed by atoms with van der Waals surface area (Å²) in [6.45, 7) is 0. The third-order valence-corrected chi connectivity index (χ3v) is 1.74. The Hall–Kier alpha value is -1.10. The third kappa shape index (κ3) is 1.07. The molecule has 2 aromatic heterocycles. The first kappa shape index (κ1) is 6.60. The van der Waals surface area contributed by atoms with E-state index in [1.165, 1.54) is 0 Å². The van der Waals surface area contributed by atoms with Crippen LogP contribution in [0.15, 0.2) is 17.0 Å². The minimum absolute atomic E-state index is 0.483. The fourth-order valence-electron chi connectivity index (χ4n) is 0.894. The van der Waals surface area contributed by atoms with Gasteiger partial charge in [-0.05, 0) is 15.9 Å². The van der Waals surface area contributed by atoms with E-state index in [0.717, 1.165) is 11.0 Å². The lowest BCUT2D eigenvalue weighted by Gasteiger charge is -1.88. The lowest BCUT2D eigenvalue weighted by Crippen LogP contribution is -1.87. The quantitative estimate of drug-likeness (QED) is 0.692. The summed E-state index contributed by atoms with van der Waals surface area (Å²) < 4.78 is 0.694. The minimum Gasteiger partial charge on any atom is -0.384 e. The van der Waals surface area contributed by atoms with Crippen molar-refractivity contribution in [1.82, 2.24) is 15.0 Å². The highest BCUT2D eigenvalue weighted by Crippen LogP contribution is 2.14. The van der Waals surface area contributed by atoms with Crippen LogP contribution in [0.3, 0.4) is 0 Å². The highest BCUT2D eigenvalue weighted by atomic mass is 79.9. The number of nitrogen functional groups attached to an aromatic ring is 1. The molecule has 0 aliphatic rings. The van der Waals surface area contributed by atoms with Crippen molar-refractivity contribution in [3.8, 4) is 0 Å². The molecule has 0 unspecified atom stereocenters. The van der Waals surface area contributed by atoms with Crippen LogP contribution in [0.25, 0.3) is 11.0 Å². The van der Waals surface area contributed by atoms with E-state index in [1.54, 1.807) is 12.3 Å². The van der Waals surface area contributed by atoms with Crippen LogP contribution in [0.1, 0.15) is 0 Å². The van der Waals surface area contributed by atoms with E-state index in [-0.39, 0.29) is 0 Å². The fourth-order valence-corrected chi connectivity index (χ4v) is 1.30. The largest absolute Gasteiger partial charge is 0.384 e. The number of halogens is 1. The monoisotopic (exact) mass is 212 g/mol. The second-order valence-corrected chi connectivity index (χ2v) is 2.91. The van der Waals surface area contributed by atoms with Gasteiger partial charge in [0, 0.05) is 6.07 Å². The maximum absolute atomic E-state index is 5.45. The number of anilines is 1. The number of H-pyrrole nitrogens is 1. The maximum atomic E-state index is 5.45. The number of nitrogens with one attached hydrogen (secondary N) is 1. The Bertz CT molecular complexity index is 394. The summed E-state index contributed by atoms with van der Waals surface area (Å²) in [7, 11) is 0. The van der Waals surface area contributed by atoms with Crippen LogP contribution in [-0.2, 0) is 0 Å². The molecular formula is C6H5BrN4. The van der Waals surface area contributed by atoms with Gasteiger partial charge in [0.15, 0.2) is 4.73 Å². The van der Waals surface area contributed by atoms with Gasteiger partial charge in [-0.15, -0.1) is 0 Å². The van der Waals surface area contributed by atoms with Crippen molar-refractivity contribution in [2.45, 2.75) is 0 Å². The first-order valence-corrected chi connectivity index (χ1v) is 3.82. The van der Waals surface area contributed by atoms with Crippen LogP contribution in [0.4, 0.5) is 5.82 Å². The Morgan fingerprint density at radius 1 is 1.55 bits per heavy atom. The van der Waals surface area contributed by atoms with E-state index in [1.807, 2.05) is 0 Å². The predicted octanol–water partition coefficient (Wildman–Crippen LogP) is 1.30. The van der Waals surface area contributed by atoms with Crippen molar-refractivity contribution >= 4 is 32.8 Å². The maximum Gasteiger partial charge on any atom is 0.175 e. The molecule has 0 atom stereocenters. The molecule has 5 heteroatoms. The van der Waals surface area contributed by atoms with Crippen molar-refractivity contribution in [3.05, 3.63) is 17.0 Å². The van der Waals surface area contributed by atoms with E-state index in [2.05, 4.69) is 30.9 Å². The van der Waals surface area contributed by atoms with Gasteiger partial charge in [-0.2, -0.15) is 0 Å². The molecule has 0 saturated carbocycles. The zero-order chi connectivity index (χ0) is 7.84. The minimum atomic E-state index is 0.483. The highest BCUT2D eigenvalue weighted by molar-refractivity contribution is 9.10. The zero-order valence-corrected chi connectivity index (χ0v) is 7.09. The van der Waals surface area contributed by atoms with Crippen molar-refractivity contribution in [2.24, 2.45) is 0 Å². The van der Waals surface area contributed by atoms with Gasteiger partial charge in [0.2, 0.25) is 0 Å². The lowest BCUT2D eigenvalue weighted by atomic mass is 10.4. The number of hydrogen-bond donors (Lipinski definition) is 2. The first-order valence-electron chi connectivity index (χ1n) is 3.02. The Labute approximate surface area is 71.0 Å². The van der Waals surface area contributed by atoms with Crippen LogP contribution < -0.4 is 5.73 Å². The van der Waals surface area contributed by atoms with E-state index in [9.17, 15) is 0 Å². The second kappa shape index (κ2) is 2.20. The number of imidazole rings is 1. The molecule has 4 nitrogen and oxygen atoms in total. The summed E-state index contributed by atoms with van der Waals surface area (Å²) in [4.78, 5) is 11.0. The molecule has 0 aliphatic carbocycles. The summed E-state index contributed by atoms with van der Waals surface area (Å²) in [5.41, 5.74) is 7.16. The van der Waals surface area contributed by atoms with Gasteiger partial charge in [-0.25, -0.2) is 9.97 Å². The first-order chi connectivity index (χ1) is 5.25. The molecule has 0 saturated heterocycles. The molecule has 0 spiro atoms. The number of fused-ring (bicyclic) bond motifs is 1. The average molecular weight is 213 g/mol. The normalized spacial score (nSPS) is 10.6. The molecule has 3 N–H and O–H groups in total. The molecule has 0 fully saturated rings. The van der Waals surface area contributed by atoms with Crippen LogP contribution in [-0.4, -0.2) is 15.0 Å². The Kier molecular flexibility index (Phi) is 1.32. The number of rotatable bonds is 0. The van der Waals surface area contributed by atoms with Crippen LogP contribution in [0, 0.1) is 0 Å². The molecule has 0 aromatic carbocycles. The van der Waals surface area contributed by atoms with Gasteiger partial charge >= 0.3 is 0 Å². The van der Waals surface area contributed by atoms with Crippen LogP contribution in [0.5, 0.6) is 0 Å². The van der Waals surface area contributed by atoms with E-state index in [0.29, 0.717) is 10.6 Å². The van der Waals surface area contributed by atoms with E-state index >= 15 is 0 Å². The number of aromatic amines is 1. The molecule has 2 rings (SSSR count). The fraction of sp³-hybridized carbons (Fsp3) is 0. The lowest BCUT2D eigenvalue weighted by molar-refractivity contribution is 1.26. The number of nitrogens with zero attached hydrogens (tertiary/aromatic N) is 2. The second-order valence-electron chi connectivity index (χ2n) is 2.15. The summed E-state index contributed by atoms with van der Waals surface area (Å²) in [6.07, 6.45) is 1.66.